The van der Waals surface area contributed by atoms with E-state index >= 15 is 0 Å². The lowest BCUT2D eigenvalue weighted by atomic mass is 9.93. The van der Waals surface area contributed by atoms with Crippen molar-refractivity contribution in [1.82, 2.24) is 10.3 Å². The van der Waals surface area contributed by atoms with Crippen LogP contribution in [0.2, 0.25) is 0 Å². The van der Waals surface area contributed by atoms with Crippen LogP contribution in [-0.2, 0) is 18.3 Å². The number of hydrogen-bond acceptors (Lipinski definition) is 4. The average molecular weight is 292 g/mol. The topological polar surface area (TPSA) is 38.1 Å². The molecule has 0 aliphatic heterocycles. The summed E-state index contributed by atoms with van der Waals surface area (Å²) < 4.78 is 5.85. The first kappa shape index (κ1) is 15.3. The Morgan fingerprint density at radius 2 is 2.10 bits per heavy atom. The summed E-state index contributed by atoms with van der Waals surface area (Å²) in [5.74, 6) is 2.03. The Hall–Kier alpha value is -1.13. The van der Waals surface area contributed by atoms with Gasteiger partial charge in [0.05, 0.1) is 16.7 Å². The fourth-order valence-corrected chi connectivity index (χ4v) is 3.11. The molecule has 1 unspecified atom stereocenters. The van der Waals surface area contributed by atoms with Crippen molar-refractivity contribution in [1.29, 1.82) is 0 Å². The average Bonchev–Trinajstić information content (AvgIpc) is 3.04. The highest BCUT2D eigenvalue weighted by Gasteiger charge is 2.20. The molecule has 2 aromatic heterocycles. The molecule has 0 fully saturated rings. The zero-order valence-electron chi connectivity index (χ0n) is 13.0. The van der Waals surface area contributed by atoms with Crippen molar-refractivity contribution < 1.29 is 4.42 Å². The Morgan fingerprint density at radius 3 is 2.60 bits per heavy atom. The highest BCUT2D eigenvalue weighted by Crippen LogP contribution is 2.27. The molecule has 20 heavy (non-hydrogen) atoms. The number of furan rings is 1. The first-order valence-electron chi connectivity index (χ1n) is 7.14. The predicted octanol–water partition coefficient (Wildman–Crippen LogP) is 4.10. The van der Waals surface area contributed by atoms with Crippen LogP contribution < -0.4 is 5.32 Å². The molecule has 1 atom stereocenters. The number of aromatic nitrogens is 1. The molecule has 2 rings (SSSR count). The lowest BCUT2D eigenvalue weighted by molar-refractivity contribution is 0.406. The maximum Gasteiger partial charge on any atom is 0.121 e. The van der Waals surface area contributed by atoms with Crippen molar-refractivity contribution in [3.05, 3.63) is 39.7 Å². The number of nitrogens with zero attached hydrogens (tertiary/aromatic N) is 1. The summed E-state index contributed by atoms with van der Waals surface area (Å²) >= 11 is 1.73. The van der Waals surface area contributed by atoms with Gasteiger partial charge >= 0.3 is 0 Å². The van der Waals surface area contributed by atoms with Gasteiger partial charge < -0.3 is 9.73 Å². The van der Waals surface area contributed by atoms with E-state index in [0.717, 1.165) is 29.4 Å². The Morgan fingerprint density at radius 1 is 1.35 bits per heavy atom. The number of aryl methyl sites for hydroxylation is 1. The van der Waals surface area contributed by atoms with Crippen molar-refractivity contribution in [3.63, 3.8) is 0 Å². The van der Waals surface area contributed by atoms with Crippen LogP contribution in [0.5, 0.6) is 0 Å². The minimum absolute atomic E-state index is 0.115. The summed E-state index contributed by atoms with van der Waals surface area (Å²) in [6, 6.07) is 4.31. The summed E-state index contributed by atoms with van der Waals surface area (Å²) in [4.78, 5) is 4.76. The molecule has 0 amide bonds. The van der Waals surface area contributed by atoms with Gasteiger partial charge in [-0.1, -0.05) is 27.7 Å². The summed E-state index contributed by atoms with van der Waals surface area (Å²) in [5, 5.41) is 6.65. The zero-order valence-corrected chi connectivity index (χ0v) is 13.8. The van der Waals surface area contributed by atoms with Crippen molar-refractivity contribution in [2.45, 2.75) is 52.0 Å². The fourth-order valence-electron chi connectivity index (χ4n) is 2.04. The quantitative estimate of drug-likeness (QED) is 0.901. The van der Waals surface area contributed by atoms with Gasteiger partial charge in [-0.25, -0.2) is 4.98 Å². The van der Waals surface area contributed by atoms with Crippen LogP contribution in [0.15, 0.2) is 21.9 Å². The molecule has 2 aromatic rings. The molecule has 3 nitrogen and oxygen atoms in total. The van der Waals surface area contributed by atoms with Crippen LogP contribution in [0, 0.1) is 0 Å². The predicted molar refractivity (Wildman–Crippen MR) is 84.4 cm³/mol. The maximum absolute atomic E-state index is 5.85. The molecule has 0 aliphatic carbocycles. The van der Waals surface area contributed by atoms with Crippen LogP contribution in [0.25, 0.3) is 0 Å². The Kier molecular flexibility index (Phi) is 4.66. The lowest BCUT2D eigenvalue weighted by Crippen LogP contribution is -2.18. The summed E-state index contributed by atoms with van der Waals surface area (Å²) in [6.45, 7) is 8.69. The van der Waals surface area contributed by atoms with Crippen molar-refractivity contribution >= 4 is 11.3 Å². The molecule has 4 heteroatoms. The Labute approximate surface area is 125 Å². The van der Waals surface area contributed by atoms with Crippen LogP contribution in [-0.4, -0.2) is 12.0 Å². The maximum atomic E-state index is 5.85. The van der Waals surface area contributed by atoms with E-state index in [4.69, 9.17) is 9.40 Å². The molecule has 0 aliphatic rings. The van der Waals surface area contributed by atoms with E-state index in [0.29, 0.717) is 0 Å². The highest BCUT2D eigenvalue weighted by atomic mass is 32.1. The fraction of sp³-hybridized carbons (Fsp3) is 0.562. The van der Waals surface area contributed by atoms with E-state index < -0.39 is 0 Å². The number of rotatable bonds is 5. The second-order valence-corrected chi connectivity index (χ2v) is 7.02. The second kappa shape index (κ2) is 6.10. The number of nitrogens with one attached hydrogen (secondary N) is 1. The normalized spacial score (nSPS) is 13.7. The van der Waals surface area contributed by atoms with Crippen LogP contribution in [0.3, 0.4) is 0 Å². The second-order valence-electron chi connectivity index (χ2n) is 6.08. The molecule has 1 N–H and O–H groups in total. The van der Waals surface area contributed by atoms with E-state index in [1.165, 1.54) is 5.69 Å². The third-order valence-corrected chi connectivity index (χ3v) is 4.29. The lowest BCUT2D eigenvalue weighted by Gasteiger charge is -2.15. The van der Waals surface area contributed by atoms with Gasteiger partial charge in [-0.05, 0) is 19.2 Å². The van der Waals surface area contributed by atoms with Gasteiger partial charge in [0.15, 0.2) is 0 Å². The number of likely N-dealkylation sites (N-methyl/N-ethyl adjacent to an activating group) is 1. The molecule has 2 heterocycles. The molecule has 110 valence electrons. The molecule has 0 bridgehead atoms. The first-order chi connectivity index (χ1) is 9.44. The van der Waals surface area contributed by atoms with Crippen LogP contribution in [0.1, 0.15) is 56.0 Å². The standard InChI is InChI=1S/C16H24N2OS/c1-6-11-7-8-13(19-11)12(17-5)9-15-18-14(10-20-15)16(2,3)4/h7-8,10,12,17H,6,9H2,1-5H3. The van der Waals surface area contributed by atoms with Gasteiger partial charge in [0.25, 0.3) is 0 Å². The van der Waals surface area contributed by atoms with Gasteiger partial charge in [-0.3, -0.25) is 0 Å². The Bertz CT molecular complexity index is 551. The van der Waals surface area contributed by atoms with E-state index in [1.54, 1.807) is 11.3 Å². The highest BCUT2D eigenvalue weighted by molar-refractivity contribution is 7.09. The number of thiazole rings is 1. The summed E-state index contributed by atoms with van der Waals surface area (Å²) in [6.07, 6.45) is 1.80. The SMILES string of the molecule is CCc1ccc(C(Cc2nc(C(C)(C)C)cs2)NC)o1. The van der Waals surface area contributed by atoms with E-state index in [2.05, 4.69) is 50.5 Å². The minimum Gasteiger partial charge on any atom is -0.464 e. The van der Waals surface area contributed by atoms with Crippen LogP contribution >= 0.6 is 11.3 Å². The van der Waals surface area contributed by atoms with Crippen molar-refractivity contribution in [3.8, 4) is 0 Å². The minimum atomic E-state index is 0.115. The molecular weight excluding hydrogens is 268 g/mol. The van der Waals surface area contributed by atoms with Gasteiger partial charge in [0, 0.05) is 23.6 Å². The largest absolute Gasteiger partial charge is 0.464 e. The van der Waals surface area contributed by atoms with Crippen molar-refractivity contribution in [2.24, 2.45) is 0 Å². The Balaban J connectivity index is 2.12. The van der Waals surface area contributed by atoms with E-state index in [1.807, 2.05) is 7.05 Å². The molecule has 0 radical (unpaired) electrons. The molecule has 0 saturated carbocycles. The molecule has 0 aromatic carbocycles. The monoisotopic (exact) mass is 292 g/mol. The van der Waals surface area contributed by atoms with Crippen LogP contribution in [0.4, 0.5) is 0 Å². The smallest absolute Gasteiger partial charge is 0.121 e. The first-order valence-corrected chi connectivity index (χ1v) is 8.02. The van der Waals surface area contributed by atoms with Gasteiger partial charge in [-0.2, -0.15) is 0 Å². The van der Waals surface area contributed by atoms with Crippen molar-refractivity contribution in [2.75, 3.05) is 7.05 Å². The molecular formula is C16H24N2OS. The third kappa shape index (κ3) is 3.49. The van der Waals surface area contributed by atoms with Gasteiger partial charge in [0.2, 0.25) is 0 Å². The third-order valence-electron chi connectivity index (χ3n) is 3.42. The van der Waals surface area contributed by atoms with Gasteiger partial charge in [0.1, 0.15) is 11.5 Å². The van der Waals surface area contributed by atoms with E-state index in [9.17, 15) is 0 Å². The zero-order chi connectivity index (χ0) is 14.8. The summed E-state index contributed by atoms with van der Waals surface area (Å²) in [7, 11) is 1.97. The molecule has 0 spiro atoms. The van der Waals surface area contributed by atoms with Gasteiger partial charge in [-0.15, -0.1) is 11.3 Å². The number of hydrogen-bond donors (Lipinski definition) is 1. The molecule has 0 saturated heterocycles. The van der Waals surface area contributed by atoms with E-state index in [-0.39, 0.29) is 11.5 Å². The summed E-state index contributed by atoms with van der Waals surface area (Å²) in [5.41, 5.74) is 1.28.